The van der Waals surface area contributed by atoms with Gasteiger partial charge in [-0.3, -0.25) is 0 Å². The lowest BCUT2D eigenvalue weighted by Gasteiger charge is -2.13. The van der Waals surface area contributed by atoms with Gasteiger partial charge in [0.15, 0.2) is 18.2 Å². The SMILES string of the molecule is CNCc1cccc(F)c1OCC(=O)OC(C)C. The zero-order valence-electron chi connectivity index (χ0n) is 10.8. The number of hydrogen-bond donors (Lipinski definition) is 1. The van der Waals surface area contributed by atoms with E-state index in [1.165, 1.54) is 6.07 Å². The Labute approximate surface area is 106 Å². The summed E-state index contributed by atoms with van der Waals surface area (Å²) in [7, 11) is 1.75. The highest BCUT2D eigenvalue weighted by Crippen LogP contribution is 2.22. The van der Waals surface area contributed by atoms with Gasteiger partial charge in [-0.05, 0) is 27.0 Å². The Bertz CT molecular complexity index is 407. The summed E-state index contributed by atoms with van der Waals surface area (Å²) in [6, 6.07) is 4.63. The average Bonchev–Trinajstić information content (AvgIpc) is 2.27. The highest BCUT2D eigenvalue weighted by Gasteiger charge is 2.12. The third-order valence-electron chi connectivity index (χ3n) is 2.12. The molecule has 0 aromatic heterocycles. The summed E-state index contributed by atoms with van der Waals surface area (Å²) in [5.74, 6) is -0.906. The molecule has 4 nitrogen and oxygen atoms in total. The van der Waals surface area contributed by atoms with Crippen LogP contribution in [0.3, 0.4) is 0 Å². The minimum absolute atomic E-state index is 0.0903. The Morgan fingerprint density at radius 2 is 2.17 bits per heavy atom. The summed E-state index contributed by atoms with van der Waals surface area (Å²) < 4.78 is 23.7. The molecule has 0 fully saturated rings. The molecule has 0 aliphatic rings. The number of carbonyl (C=O) groups excluding carboxylic acids is 1. The van der Waals surface area contributed by atoms with Gasteiger partial charge in [-0.25, -0.2) is 9.18 Å². The molecule has 0 spiro atoms. The molecule has 0 aliphatic carbocycles. The van der Waals surface area contributed by atoms with Crippen molar-refractivity contribution in [1.29, 1.82) is 0 Å². The third kappa shape index (κ3) is 4.33. The van der Waals surface area contributed by atoms with E-state index in [0.717, 1.165) is 0 Å². The van der Waals surface area contributed by atoms with E-state index in [-0.39, 0.29) is 18.5 Å². The van der Waals surface area contributed by atoms with Crippen LogP contribution in [0.5, 0.6) is 5.75 Å². The van der Waals surface area contributed by atoms with Crippen molar-refractivity contribution in [2.75, 3.05) is 13.7 Å². The lowest BCUT2D eigenvalue weighted by molar-refractivity contribution is -0.149. The number of benzene rings is 1. The molecule has 0 saturated carbocycles. The van der Waals surface area contributed by atoms with Gasteiger partial charge in [0.05, 0.1) is 6.10 Å². The third-order valence-corrected chi connectivity index (χ3v) is 2.12. The van der Waals surface area contributed by atoms with Crippen LogP contribution in [0, 0.1) is 5.82 Å². The Balaban J connectivity index is 2.68. The first-order valence-corrected chi connectivity index (χ1v) is 5.79. The van der Waals surface area contributed by atoms with E-state index in [9.17, 15) is 9.18 Å². The summed E-state index contributed by atoms with van der Waals surface area (Å²) >= 11 is 0. The van der Waals surface area contributed by atoms with Crippen LogP contribution in [0.25, 0.3) is 0 Å². The van der Waals surface area contributed by atoms with Gasteiger partial charge in [0, 0.05) is 12.1 Å². The van der Waals surface area contributed by atoms with Crippen molar-refractivity contribution in [2.24, 2.45) is 0 Å². The number of nitrogens with one attached hydrogen (secondary N) is 1. The van der Waals surface area contributed by atoms with Crippen LogP contribution in [0.1, 0.15) is 19.4 Å². The monoisotopic (exact) mass is 255 g/mol. The maximum absolute atomic E-state index is 13.6. The van der Waals surface area contributed by atoms with Crippen molar-refractivity contribution in [1.82, 2.24) is 5.32 Å². The Kier molecular flexibility index (Phi) is 5.58. The molecule has 0 heterocycles. The molecule has 0 atom stereocenters. The molecule has 1 aromatic rings. The minimum Gasteiger partial charge on any atom is -0.478 e. The predicted molar refractivity (Wildman–Crippen MR) is 65.9 cm³/mol. The Hall–Kier alpha value is -1.62. The van der Waals surface area contributed by atoms with Gasteiger partial charge in [-0.2, -0.15) is 0 Å². The second-order valence-electron chi connectivity index (χ2n) is 4.09. The lowest BCUT2D eigenvalue weighted by Crippen LogP contribution is -2.20. The molecule has 0 amide bonds. The molecular formula is C13H18FNO3. The smallest absolute Gasteiger partial charge is 0.344 e. The summed E-state index contributed by atoms with van der Waals surface area (Å²) in [5.41, 5.74) is 0.662. The fourth-order valence-corrected chi connectivity index (χ4v) is 1.47. The van der Waals surface area contributed by atoms with Crippen LogP contribution >= 0.6 is 0 Å². The Morgan fingerprint density at radius 3 is 2.78 bits per heavy atom. The van der Waals surface area contributed by atoms with Crippen LogP contribution in [0.2, 0.25) is 0 Å². The topological polar surface area (TPSA) is 47.6 Å². The van der Waals surface area contributed by atoms with Crippen LogP contribution in [-0.2, 0) is 16.1 Å². The number of esters is 1. The van der Waals surface area contributed by atoms with Gasteiger partial charge in [0.1, 0.15) is 0 Å². The van der Waals surface area contributed by atoms with Crippen LogP contribution < -0.4 is 10.1 Å². The van der Waals surface area contributed by atoms with Crippen LogP contribution in [0.4, 0.5) is 4.39 Å². The van der Waals surface area contributed by atoms with E-state index in [2.05, 4.69) is 5.32 Å². The summed E-state index contributed by atoms with van der Waals surface area (Å²) in [6.07, 6.45) is -0.210. The van der Waals surface area contributed by atoms with E-state index in [1.807, 2.05) is 0 Å². The predicted octanol–water partition coefficient (Wildman–Crippen LogP) is 1.88. The fraction of sp³-hybridized carbons (Fsp3) is 0.462. The average molecular weight is 255 g/mol. The largest absolute Gasteiger partial charge is 0.478 e. The molecule has 0 saturated heterocycles. The number of halogens is 1. The van der Waals surface area contributed by atoms with Crippen molar-refractivity contribution < 1.29 is 18.7 Å². The second kappa shape index (κ2) is 6.96. The minimum atomic E-state index is -0.510. The fourth-order valence-electron chi connectivity index (χ4n) is 1.47. The lowest BCUT2D eigenvalue weighted by atomic mass is 10.2. The maximum Gasteiger partial charge on any atom is 0.344 e. The number of carbonyl (C=O) groups is 1. The van der Waals surface area contributed by atoms with Crippen molar-refractivity contribution in [3.8, 4) is 5.75 Å². The van der Waals surface area contributed by atoms with Crippen molar-refractivity contribution >= 4 is 5.97 Å². The quantitative estimate of drug-likeness (QED) is 0.788. The molecular weight excluding hydrogens is 237 g/mol. The first-order chi connectivity index (χ1) is 8.54. The first-order valence-electron chi connectivity index (χ1n) is 5.79. The van der Waals surface area contributed by atoms with Gasteiger partial charge in [-0.15, -0.1) is 0 Å². The van der Waals surface area contributed by atoms with E-state index in [4.69, 9.17) is 9.47 Å². The van der Waals surface area contributed by atoms with Gasteiger partial charge >= 0.3 is 5.97 Å². The molecule has 0 bridgehead atoms. The molecule has 0 unspecified atom stereocenters. The van der Waals surface area contributed by atoms with Crippen LogP contribution in [0.15, 0.2) is 18.2 Å². The molecule has 5 heteroatoms. The first kappa shape index (κ1) is 14.4. The molecule has 1 N–H and O–H groups in total. The molecule has 18 heavy (non-hydrogen) atoms. The highest BCUT2D eigenvalue weighted by atomic mass is 19.1. The zero-order valence-corrected chi connectivity index (χ0v) is 10.8. The maximum atomic E-state index is 13.6. The number of hydrogen-bond acceptors (Lipinski definition) is 4. The number of ether oxygens (including phenoxy) is 2. The van der Waals surface area contributed by atoms with E-state index in [1.54, 1.807) is 33.0 Å². The second-order valence-corrected chi connectivity index (χ2v) is 4.09. The zero-order chi connectivity index (χ0) is 13.5. The number of rotatable bonds is 6. The molecule has 1 aromatic carbocycles. The Morgan fingerprint density at radius 1 is 1.44 bits per heavy atom. The van der Waals surface area contributed by atoms with E-state index in [0.29, 0.717) is 12.1 Å². The van der Waals surface area contributed by atoms with Gasteiger partial charge in [0.25, 0.3) is 0 Å². The highest BCUT2D eigenvalue weighted by molar-refractivity contribution is 5.71. The summed E-state index contributed by atoms with van der Waals surface area (Å²) in [6.45, 7) is 3.66. The summed E-state index contributed by atoms with van der Waals surface area (Å²) in [4.78, 5) is 11.3. The van der Waals surface area contributed by atoms with Crippen molar-refractivity contribution in [3.63, 3.8) is 0 Å². The normalized spacial score (nSPS) is 10.5. The molecule has 100 valence electrons. The summed E-state index contributed by atoms with van der Waals surface area (Å²) in [5, 5.41) is 2.91. The van der Waals surface area contributed by atoms with Gasteiger partial charge in [-0.1, -0.05) is 12.1 Å². The van der Waals surface area contributed by atoms with Crippen LogP contribution in [-0.4, -0.2) is 25.7 Å². The van der Waals surface area contributed by atoms with Crippen molar-refractivity contribution in [2.45, 2.75) is 26.5 Å². The van der Waals surface area contributed by atoms with Crippen molar-refractivity contribution in [3.05, 3.63) is 29.6 Å². The number of para-hydroxylation sites is 1. The molecule has 0 aliphatic heterocycles. The van der Waals surface area contributed by atoms with E-state index < -0.39 is 11.8 Å². The van der Waals surface area contributed by atoms with Gasteiger partial charge in [0.2, 0.25) is 0 Å². The molecule has 0 radical (unpaired) electrons. The van der Waals surface area contributed by atoms with Gasteiger partial charge < -0.3 is 14.8 Å². The van der Waals surface area contributed by atoms with E-state index >= 15 is 0 Å². The molecule has 1 rings (SSSR count). The standard InChI is InChI=1S/C13H18FNO3/c1-9(2)18-12(16)8-17-13-10(7-15-3)5-4-6-11(13)14/h4-6,9,15H,7-8H2,1-3H3.